The van der Waals surface area contributed by atoms with Gasteiger partial charge in [0, 0.05) is 36.1 Å². The van der Waals surface area contributed by atoms with E-state index in [1.54, 1.807) is 0 Å². The second kappa shape index (κ2) is 11.7. The molecule has 3 aliphatic carbocycles. The fraction of sp³-hybridized carbons (Fsp3) is 0.967. The van der Waals surface area contributed by atoms with E-state index in [9.17, 15) is 9.90 Å². The molecule has 0 radical (unpaired) electrons. The van der Waals surface area contributed by atoms with Crippen LogP contribution in [-0.4, -0.2) is 72.0 Å². The Bertz CT molecular complexity index is 798. The molecule has 0 bridgehead atoms. The van der Waals surface area contributed by atoms with E-state index in [-0.39, 0.29) is 18.6 Å². The number of hydrogen-bond acceptors (Lipinski definition) is 4. The van der Waals surface area contributed by atoms with Gasteiger partial charge in [0.05, 0.1) is 20.3 Å². The minimum atomic E-state index is -1.80. The molecule has 5 rings (SSSR count). The number of methoxy groups -OCH3 is 1. The quantitative estimate of drug-likeness (QED) is 0.193. The summed E-state index contributed by atoms with van der Waals surface area (Å²) in [5, 5.41) is 10.1. The van der Waals surface area contributed by atoms with E-state index in [4.69, 9.17) is 9.47 Å². The first-order valence-electron chi connectivity index (χ1n) is 15.5. The Balaban J connectivity index is 1.46. The summed E-state index contributed by atoms with van der Waals surface area (Å²) in [5.74, 6) is 1.51. The zero-order chi connectivity index (χ0) is 26.4. The highest BCUT2D eigenvalue weighted by atomic mass is 127. The molecule has 7 atom stereocenters. The predicted octanol–water partition coefficient (Wildman–Crippen LogP) is 6.58. The van der Waals surface area contributed by atoms with E-state index in [1.807, 2.05) is 7.11 Å². The molecule has 5 aliphatic rings. The number of likely N-dealkylation sites (tertiary alicyclic amines) is 1. The SMILES string of the molecule is COC1CCC([Si](C)(C)[C@@H]2[C@@H](CCO)O[C@]3(C(=O)N(CC4CCCCC4)C4CCC(I)CC43)[C@H]2C)CC1. The molecule has 7 heteroatoms. The molecule has 2 aliphatic heterocycles. The fourth-order valence-electron chi connectivity index (χ4n) is 9.83. The van der Waals surface area contributed by atoms with E-state index < -0.39 is 13.7 Å². The number of alkyl halides is 1. The standard InChI is InChI=1S/C30H52INO4Si/c1-20-28(37(3,4)24-13-11-23(35-2)12-14-24)27(16-17-33)36-30(20)25-18-22(31)10-15-26(25)32(29(30)34)19-21-8-6-5-7-9-21/h20-28,33H,5-19H2,1-4H3/t20-,22?,23?,24?,25?,26?,27+,28-,30+/m0/s1. The number of aliphatic hydroxyl groups is 1. The molecule has 1 amide bonds. The lowest BCUT2D eigenvalue weighted by molar-refractivity contribution is -0.156. The van der Waals surface area contributed by atoms with Crippen molar-refractivity contribution in [2.24, 2.45) is 17.8 Å². The molecule has 2 heterocycles. The number of aliphatic hydroxyl groups excluding tert-OH is 1. The van der Waals surface area contributed by atoms with Crippen molar-refractivity contribution < 1.29 is 19.4 Å². The predicted molar refractivity (Wildman–Crippen MR) is 160 cm³/mol. The van der Waals surface area contributed by atoms with Crippen molar-refractivity contribution in [3.05, 3.63) is 0 Å². The van der Waals surface area contributed by atoms with Gasteiger partial charge in [0.1, 0.15) is 0 Å². The van der Waals surface area contributed by atoms with Crippen molar-refractivity contribution in [3.63, 3.8) is 0 Å². The summed E-state index contributed by atoms with van der Waals surface area (Å²) in [6.07, 6.45) is 15.9. The third kappa shape index (κ3) is 5.12. The summed E-state index contributed by atoms with van der Waals surface area (Å²) in [7, 11) is 0.0538. The first kappa shape index (κ1) is 28.8. The Hall–Kier alpha value is 0.297. The van der Waals surface area contributed by atoms with Crippen molar-refractivity contribution in [1.29, 1.82) is 0 Å². The smallest absolute Gasteiger partial charge is 0.255 e. The van der Waals surface area contributed by atoms with E-state index in [0.29, 0.717) is 45.8 Å². The van der Waals surface area contributed by atoms with Gasteiger partial charge in [0.2, 0.25) is 0 Å². The van der Waals surface area contributed by atoms with Gasteiger partial charge in [-0.25, -0.2) is 0 Å². The molecule has 2 saturated heterocycles. The molecule has 1 N–H and O–H groups in total. The summed E-state index contributed by atoms with van der Waals surface area (Å²) < 4.78 is 13.5. The summed E-state index contributed by atoms with van der Waals surface area (Å²) >= 11 is 2.63. The van der Waals surface area contributed by atoms with Crippen molar-refractivity contribution in [2.45, 2.75) is 142 Å². The molecular formula is C30H52INO4Si. The van der Waals surface area contributed by atoms with E-state index in [0.717, 1.165) is 37.8 Å². The maximum absolute atomic E-state index is 14.7. The van der Waals surface area contributed by atoms with Gasteiger partial charge in [-0.05, 0) is 74.3 Å². The van der Waals surface area contributed by atoms with Crippen LogP contribution in [0.2, 0.25) is 24.2 Å². The number of nitrogens with zero attached hydrogens (tertiary/aromatic N) is 1. The highest BCUT2D eigenvalue weighted by molar-refractivity contribution is 14.1. The Labute approximate surface area is 240 Å². The second-order valence-corrected chi connectivity index (χ2v) is 20.7. The summed E-state index contributed by atoms with van der Waals surface area (Å²) in [5.41, 5.74) is 0.472. The van der Waals surface area contributed by atoms with Crippen molar-refractivity contribution in [3.8, 4) is 0 Å². The number of ether oxygens (including phenoxy) is 2. The number of amides is 1. The van der Waals surface area contributed by atoms with E-state index in [1.165, 1.54) is 51.4 Å². The lowest BCUT2D eigenvalue weighted by atomic mass is 9.71. The summed E-state index contributed by atoms with van der Waals surface area (Å²) in [6.45, 7) is 8.64. The van der Waals surface area contributed by atoms with Crippen LogP contribution in [0.15, 0.2) is 0 Å². The average Bonchev–Trinajstić information content (AvgIpc) is 3.32. The van der Waals surface area contributed by atoms with Crippen LogP contribution in [0.1, 0.15) is 90.4 Å². The van der Waals surface area contributed by atoms with Gasteiger partial charge in [0.15, 0.2) is 5.60 Å². The number of carbonyl (C=O) groups excluding carboxylic acids is 1. The number of carbonyl (C=O) groups is 1. The van der Waals surface area contributed by atoms with Crippen molar-refractivity contribution in [1.82, 2.24) is 4.90 Å². The molecule has 0 aromatic rings. The normalized spacial score (nSPS) is 43.5. The van der Waals surface area contributed by atoms with Crippen LogP contribution in [0, 0.1) is 17.8 Å². The number of rotatable bonds is 7. The zero-order valence-corrected chi connectivity index (χ0v) is 27.0. The average molecular weight is 646 g/mol. The lowest BCUT2D eigenvalue weighted by Crippen LogP contribution is -2.51. The van der Waals surface area contributed by atoms with Crippen molar-refractivity contribution >= 4 is 36.6 Å². The molecule has 1 spiro atoms. The third-order valence-electron chi connectivity index (χ3n) is 11.8. The van der Waals surface area contributed by atoms with Crippen LogP contribution in [0.4, 0.5) is 0 Å². The molecule has 0 aromatic carbocycles. The highest BCUT2D eigenvalue weighted by Gasteiger charge is 2.71. The van der Waals surface area contributed by atoms with Crippen LogP contribution < -0.4 is 0 Å². The summed E-state index contributed by atoms with van der Waals surface area (Å²) in [4.78, 5) is 17.0. The molecule has 3 unspecified atom stereocenters. The van der Waals surface area contributed by atoms with Gasteiger partial charge in [-0.1, -0.05) is 74.7 Å². The van der Waals surface area contributed by atoms with E-state index >= 15 is 0 Å². The Morgan fingerprint density at radius 1 is 1.08 bits per heavy atom. The Kier molecular flexibility index (Phi) is 9.07. The van der Waals surface area contributed by atoms with Gasteiger partial charge < -0.3 is 19.5 Å². The van der Waals surface area contributed by atoms with Gasteiger partial charge in [-0.15, -0.1) is 0 Å². The zero-order valence-electron chi connectivity index (χ0n) is 23.8. The van der Waals surface area contributed by atoms with Crippen LogP contribution in [0.3, 0.4) is 0 Å². The van der Waals surface area contributed by atoms with Crippen LogP contribution in [0.5, 0.6) is 0 Å². The maximum Gasteiger partial charge on any atom is 0.255 e. The third-order valence-corrected chi connectivity index (χ3v) is 18.2. The Morgan fingerprint density at radius 2 is 1.78 bits per heavy atom. The minimum Gasteiger partial charge on any atom is -0.396 e. The summed E-state index contributed by atoms with van der Waals surface area (Å²) in [6, 6.07) is 0.346. The molecule has 0 aromatic heterocycles. The van der Waals surface area contributed by atoms with Gasteiger partial charge in [0.25, 0.3) is 5.91 Å². The largest absolute Gasteiger partial charge is 0.396 e. The molecule has 5 fully saturated rings. The maximum atomic E-state index is 14.7. The lowest BCUT2D eigenvalue weighted by Gasteiger charge is -2.45. The van der Waals surface area contributed by atoms with Gasteiger partial charge >= 0.3 is 0 Å². The van der Waals surface area contributed by atoms with Crippen molar-refractivity contribution in [2.75, 3.05) is 20.3 Å². The minimum absolute atomic E-state index is 0.00985. The number of hydrogen-bond donors (Lipinski definition) is 1. The van der Waals surface area contributed by atoms with Gasteiger partial charge in [-0.2, -0.15) is 0 Å². The van der Waals surface area contributed by atoms with E-state index in [2.05, 4.69) is 47.5 Å². The van der Waals surface area contributed by atoms with Crippen LogP contribution in [-0.2, 0) is 14.3 Å². The molecule has 3 saturated carbocycles. The van der Waals surface area contributed by atoms with Gasteiger partial charge in [-0.3, -0.25) is 4.79 Å². The second-order valence-electron chi connectivity index (χ2n) is 13.9. The Morgan fingerprint density at radius 3 is 2.43 bits per heavy atom. The first-order chi connectivity index (χ1) is 17.7. The molecule has 5 nitrogen and oxygen atoms in total. The first-order valence-corrected chi connectivity index (χ1v) is 19.9. The number of fused-ring (bicyclic) bond motifs is 2. The fourth-order valence-corrected chi connectivity index (χ4v) is 15.8. The molecule has 212 valence electrons. The number of halogens is 1. The van der Waals surface area contributed by atoms with Crippen LogP contribution >= 0.6 is 22.6 Å². The topological polar surface area (TPSA) is 59.0 Å². The molecular weight excluding hydrogens is 593 g/mol. The monoisotopic (exact) mass is 645 g/mol. The molecule has 37 heavy (non-hydrogen) atoms. The highest BCUT2D eigenvalue weighted by Crippen LogP contribution is 2.62. The van der Waals surface area contributed by atoms with Crippen LogP contribution in [0.25, 0.3) is 0 Å².